The van der Waals surface area contributed by atoms with E-state index in [2.05, 4.69) is 14.7 Å². The largest absolute Gasteiger partial charge is 0.267 e. The van der Waals surface area contributed by atoms with Gasteiger partial charge in [0.1, 0.15) is 5.82 Å². The van der Waals surface area contributed by atoms with Crippen LogP contribution in [0.4, 0.5) is 5.82 Å². The van der Waals surface area contributed by atoms with Crippen molar-refractivity contribution in [3.8, 4) is 0 Å². The minimum Gasteiger partial charge on any atom is -0.267 e. The van der Waals surface area contributed by atoms with Crippen LogP contribution in [-0.4, -0.2) is 23.6 Å². The van der Waals surface area contributed by atoms with Crippen molar-refractivity contribution in [1.29, 1.82) is 0 Å². The normalized spacial score (nSPS) is 17.6. The summed E-state index contributed by atoms with van der Waals surface area (Å²) in [6.45, 7) is 0. The Kier molecular flexibility index (Phi) is 3.30. The van der Waals surface area contributed by atoms with Crippen LogP contribution in [0.25, 0.3) is 0 Å². The molecule has 1 fully saturated rings. The number of nitrogens with zero attached hydrogens (tertiary/aromatic N) is 2. The molecule has 0 radical (unpaired) electrons. The molecule has 1 saturated carbocycles. The summed E-state index contributed by atoms with van der Waals surface area (Å²) in [5.41, 5.74) is 0. The number of rotatable bonds is 3. The Balaban J connectivity index is 2.14. The summed E-state index contributed by atoms with van der Waals surface area (Å²) in [5.74, 6) is 0.229. The number of nitrogens with one attached hydrogen (secondary N) is 1. The highest BCUT2D eigenvalue weighted by molar-refractivity contribution is 7.93. The first-order valence-electron chi connectivity index (χ1n) is 5.08. The zero-order chi connectivity index (χ0) is 11.6. The van der Waals surface area contributed by atoms with Crippen LogP contribution in [0.15, 0.2) is 12.3 Å². The number of hydrogen-bond acceptors (Lipinski definition) is 4. The van der Waals surface area contributed by atoms with Gasteiger partial charge < -0.3 is 0 Å². The molecule has 0 aliphatic heterocycles. The van der Waals surface area contributed by atoms with Crippen molar-refractivity contribution in [3.05, 3.63) is 17.5 Å². The number of hydrogen-bond donors (Lipinski definition) is 1. The zero-order valence-electron chi connectivity index (χ0n) is 8.56. The molecule has 0 aromatic carbocycles. The lowest BCUT2D eigenvalue weighted by Gasteiger charge is -2.12. The van der Waals surface area contributed by atoms with Crippen molar-refractivity contribution in [2.24, 2.45) is 0 Å². The molecule has 2 rings (SSSR count). The van der Waals surface area contributed by atoms with E-state index in [1.165, 1.54) is 12.3 Å². The molecule has 1 aromatic rings. The van der Waals surface area contributed by atoms with Gasteiger partial charge in [0.05, 0.1) is 5.25 Å². The van der Waals surface area contributed by atoms with Gasteiger partial charge in [-0.25, -0.2) is 13.4 Å². The molecule has 5 nitrogen and oxygen atoms in total. The average molecular weight is 262 g/mol. The minimum absolute atomic E-state index is 0.0339. The highest BCUT2D eigenvalue weighted by Gasteiger charge is 2.28. The monoisotopic (exact) mass is 261 g/mol. The van der Waals surface area contributed by atoms with Gasteiger partial charge in [-0.1, -0.05) is 12.8 Å². The molecule has 1 aliphatic rings. The van der Waals surface area contributed by atoms with E-state index >= 15 is 0 Å². The molecule has 1 heterocycles. The van der Waals surface area contributed by atoms with Crippen LogP contribution < -0.4 is 4.72 Å². The molecular weight excluding hydrogens is 250 g/mol. The summed E-state index contributed by atoms with van der Waals surface area (Å²) in [4.78, 5) is 7.48. The van der Waals surface area contributed by atoms with E-state index in [1.54, 1.807) is 0 Å². The number of anilines is 1. The lowest BCUT2D eigenvalue weighted by atomic mass is 10.4. The summed E-state index contributed by atoms with van der Waals surface area (Å²) in [5, 5.41) is -0.270. The molecule has 0 atom stereocenters. The van der Waals surface area contributed by atoms with Crippen LogP contribution in [0.5, 0.6) is 0 Å². The lowest BCUT2D eigenvalue weighted by Crippen LogP contribution is -2.25. The molecular formula is C9H12ClN3O2S. The Labute approximate surface area is 99.3 Å². The molecule has 1 N–H and O–H groups in total. The summed E-state index contributed by atoms with van der Waals surface area (Å²) in [7, 11) is -3.33. The topological polar surface area (TPSA) is 72.0 Å². The Morgan fingerprint density at radius 3 is 2.69 bits per heavy atom. The highest BCUT2D eigenvalue weighted by Crippen LogP contribution is 2.25. The quantitative estimate of drug-likeness (QED) is 0.843. The first kappa shape index (κ1) is 11.6. The Morgan fingerprint density at radius 2 is 2.06 bits per heavy atom. The first-order valence-corrected chi connectivity index (χ1v) is 7.00. The fourth-order valence-electron chi connectivity index (χ4n) is 1.82. The molecule has 1 aliphatic carbocycles. The van der Waals surface area contributed by atoms with Crippen molar-refractivity contribution in [2.45, 2.75) is 30.9 Å². The smallest absolute Gasteiger partial charge is 0.236 e. The highest BCUT2D eigenvalue weighted by atomic mass is 35.5. The van der Waals surface area contributed by atoms with Gasteiger partial charge in [0, 0.05) is 6.20 Å². The molecule has 0 saturated heterocycles. The van der Waals surface area contributed by atoms with Gasteiger partial charge in [-0.15, -0.1) is 0 Å². The van der Waals surface area contributed by atoms with Gasteiger partial charge in [-0.3, -0.25) is 4.72 Å². The van der Waals surface area contributed by atoms with E-state index in [-0.39, 0.29) is 16.4 Å². The lowest BCUT2D eigenvalue weighted by molar-refractivity contribution is 0.585. The standard InChI is InChI=1S/C9H12ClN3O2S/c10-9-11-6-5-8(12-9)13-16(14,15)7-3-1-2-4-7/h5-7H,1-4H2,(H,11,12,13). The van der Waals surface area contributed by atoms with Gasteiger partial charge in [0.25, 0.3) is 0 Å². The summed E-state index contributed by atoms with van der Waals surface area (Å²) >= 11 is 5.58. The predicted octanol–water partition coefficient (Wildman–Crippen LogP) is 1.81. The molecule has 16 heavy (non-hydrogen) atoms. The average Bonchev–Trinajstić information content (AvgIpc) is 2.69. The molecule has 88 valence electrons. The van der Waals surface area contributed by atoms with E-state index in [9.17, 15) is 8.42 Å². The third-order valence-corrected chi connectivity index (χ3v) is 4.64. The van der Waals surface area contributed by atoms with Crippen LogP contribution in [0.2, 0.25) is 5.28 Å². The van der Waals surface area contributed by atoms with Crippen LogP contribution in [0.3, 0.4) is 0 Å². The number of aromatic nitrogens is 2. The number of sulfonamides is 1. The van der Waals surface area contributed by atoms with Crippen molar-refractivity contribution in [1.82, 2.24) is 9.97 Å². The van der Waals surface area contributed by atoms with E-state index in [1.807, 2.05) is 0 Å². The maximum atomic E-state index is 11.9. The Morgan fingerprint density at radius 1 is 1.38 bits per heavy atom. The molecule has 0 bridgehead atoms. The van der Waals surface area contributed by atoms with E-state index in [0.717, 1.165) is 12.8 Å². The minimum atomic E-state index is -3.33. The fraction of sp³-hybridized carbons (Fsp3) is 0.556. The second-order valence-electron chi connectivity index (χ2n) is 3.76. The zero-order valence-corrected chi connectivity index (χ0v) is 10.1. The maximum Gasteiger partial charge on any atom is 0.236 e. The van der Waals surface area contributed by atoms with Gasteiger partial charge >= 0.3 is 0 Å². The first-order chi connectivity index (χ1) is 7.58. The second kappa shape index (κ2) is 4.55. The third kappa shape index (κ3) is 2.62. The van der Waals surface area contributed by atoms with Crippen molar-refractivity contribution >= 4 is 27.4 Å². The summed E-state index contributed by atoms with van der Waals surface area (Å²) in [6, 6.07) is 1.48. The molecule has 1 aromatic heterocycles. The molecule has 7 heteroatoms. The van der Waals surface area contributed by atoms with Crippen LogP contribution in [-0.2, 0) is 10.0 Å². The van der Waals surface area contributed by atoms with Gasteiger partial charge in [-0.05, 0) is 30.5 Å². The summed E-state index contributed by atoms with van der Waals surface area (Å²) in [6.07, 6.45) is 4.79. The van der Waals surface area contributed by atoms with Crippen molar-refractivity contribution < 1.29 is 8.42 Å². The third-order valence-electron chi connectivity index (χ3n) is 2.61. The van der Waals surface area contributed by atoms with Crippen LogP contribution in [0.1, 0.15) is 25.7 Å². The molecule has 0 unspecified atom stereocenters. The van der Waals surface area contributed by atoms with Crippen molar-refractivity contribution in [2.75, 3.05) is 4.72 Å². The Bertz CT molecular complexity index is 471. The second-order valence-corrected chi connectivity index (χ2v) is 6.06. The molecule has 0 amide bonds. The fourth-order valence-corrected chi connectivity index (χ4v) is 3.49. The SMILES string of the molecule is O=S(=O)(Nc1ccnc(Cl)n1)C1CCCC1. The van der Waals surface area contributed by atoms with Gasteiger partial charge in [0.2, 0.25) is 15.3 Å². The van der Waals surface area contributed by atoms with E-state index < -0.39 is 10.0 Å². The Hall–Kier alpha value is -0.880. The van der Waals surface area contributed by atoms with E-state index in [0.29, 0.717) is 12.8 Å². The number of halogens is 1. The van der Waals surface area contributed by atoms with Crippen molar-refractivity contribution in [3.63, 3.8) is 0 Å². The van der Waals surface area contributed by atoms with Crippen LogP contribution >= 0.6 is 11.6 Å². The summed E-state index contributed by atoms with van der Waals surface area (Å²) < 4.78 is 26.2. The maximum absolute atomic E-state index is 11.9. The van der Waals surface area contributed by atoms with Gasteiger partial charge in [0.15, 0.2) is 0 Å². The predicted molar refractivity (Wildman–Crippen MR) is 61.8 cm³/mol. The van der Waals surface area contributed by atoms with Gasteiger partial charge in [-0.2, -0.15) is 4.98 Å². The molecule has 0 spiro atoms. The van der Waals surface area contributed by atoms with E-state index in [4.69, 9.17) is 11.6 Å². The van der Waals surface area contributed by atoms with Crippen LogP contribution in [0, 0.1) is 0 Å².